The molecule has 2 bridgehead atoms. The molecule has 1 saturated carbocycles. The van der Waals surface area contributed by atoms with E-state index in [2.05, 4.69) is 30.1 Å². The molecule has 2 fully saturated rings. The molecule has 164 valence electrons. The number of ether oxygens (including phenoxy) is 3. The second-order valence-corrected chi connectivity index (χ2v) is 9.18. The number of ketones is 1. The zero-order chi connectivity index (χ0) is 20.5. The van der Waals surface area contributed by atoms with Crippen LogP contribution in [0.15, 0.2) is 42.5 Å². The molecule has 1 saturated heterocycles. The molecule has 0 amide bonds. The van der Waals surface area contributed by atoms with E-state index in [-0.39, 0.29) is 28.8 Å². The Morgan fingerprint density at radius 2 is 1.97 bits per heavy atom. The van der Waals surface area contributed by atoms with Crippen LogP contribution in [0.1, 0.15) is 36.0 Å². The third-order valence-corrected chi connectivity index (χ3v) is 8.07. The molecule has 6 heteroatoms. The summed E-state index contributed by atoms with van der Waals surface area (Å²) in [6, 6.07) is 14.6. The number of methoxy groups -OCH3 is 1. The summed E-state index contributed by atoms with van der Waals surface area (Å²) >= 11 is 0. The number of rotatable bonds is 4. The van der Waals surface area contributed by atoms with Gasteiger partial charge in [-0.2, -0.15) is 0 Å². The van der Waals surface area contributed by atoms with E-state index >= 15 is 0 Å². The van der Waals surface area contributed by atoms with Crippen LogP contribution in [0.4, 0.5) is 0 Å². The number of halogens is 1. The van der Waals surface area contributed by atoms with Crippen molar-refractivity contribution in [2.75, 3.05) is 20.7 Å². The van der Waals surface area contributed by atoms with Crippen molar-refractivity contribution in [2.45, 2.75) is 55.5 Å². The highest BCUT2D eigenvalue weighted by Gasteiger charge is 2.73. The molecule has 6 rings (SSSR count). The van der Waals surface area contributed by atoms with Crippen molar-refractivity contribution < 1.29 is 19.0 Å². The van der Waals surface area contributed by atoms with E-state index in [0.717, 1.165) is 42.9 Å². The molecule has 2 aliphatic carbocycles. The van der Waals surface area contributed by atoms with Crippen LogP contribution in [-0.2, 0) is 28.0 Å². The molecule has 4 aliphatic rings. The lowest BCUT2D eigenvalue weighted by atomic mass is 9.49. The lowest BCUT2D eigenvalue weighted by molar-refractivity contribution is -0.198. The average molecular weight is 486 g/mol. The van der Waals surface area contributed by atoms with Crippen molar-refractivity contribution in [1.29, 1.82) is 0 Å². The number of carbonyl (C=O) groups is 1. The lowest BCUT2D eigenvalue weighted by Gasteiger charge is -2.63. The molecular formula is C25H28BrNO4. The van der Waals surface area contributed by atoms with Crippen LogP contribution in [0.25, 0.3) is 0 Å². The number of Topliss-reactive ketones (excluding diaryl/α,β-unsaturated/α-hetero) is 1. The minimum Gasteiger partial charge on any atom is -0.485 e. The summed E-state index contributed by atoms with van der Waals surface area (Å²) in [5.74, 6) is 1.70. The van der Waals surface area contributed by atoms with E-state index in [9.17, 15) is 4.79 Å². The monoisotopic (exact) mass is 485 g/mol. The fourth-order valence-electron chi connectivity index (χ4n) is 6.76. The molecule has 2 heterocycles. The molecule has 0 N–H and O–H groups in total. The summed E-state index contributed by atoms with van der Waals surface area (Å²) in [5.41, 5.74) is 2.76. The first-order valence-electron chi connectivity index (χ1n) is 10.9. The third-order valence-electron chi connectivity index (χ3n) is 8.07. The van der Waals surface area contributed by atoms with Crippen molar-refractivity contribution in [3.8, 4) is 11.5 Å². The summed E-state index contributed by atoms with van der Waals surface area (Å²) < 4.78 is 19.1. The Labute approximate surface area is 193 Å². The van der Waals surface area contributed by atoms with Gasteiger partial charge in [0.05, 0.1) is 11.0 Å². The number of carbonyl (C=O) groups excluding carboxylic acids is 1. The van der Waals surface area contributed by atoms with E-state index < -0.39 is 17.1 Å². The van der Waals surface area contributed by atoms with Crippen LogP contribution in [0.5, 0.6) is 11.5 Å². The van der Waals surface area contributed by atoms with Gasteiger partial charge in [0.2, 0.25) is 0 Å². The minimum atomic E-state index is -0.474. The van der Waals surface area contributed by atoms with Gasteiger partial charge in [-0.15, -0.1) is 17.0 Å². The highest BCUT2D eigenvalue weighted by atomic mass is 79.9. The van der Waals surface area contributed by atoms with Crippen molar-refractivity contribution in [1.82, 2.24) is 4.90 Å². The standard InChI is InChI=1S/C25H27NO4.BrH/c1-26-13-12-24-21-17-8-9-19(29-15-16-6-4-3-5-7-16)22(21)30-23(24)18(27)10-11-25(24,28-2)20(26)14-17;/h3-9,20,23H,10-15H2,1-2H3;1H/t20?,23-,24-,25+;/m0./s1. The maximum absolute atomic E-state index is 13.1. The topological polar surface area (TPSA) is 48.0 Å². The second-order valence-electron chi connectivity index (χ2n) is 9.18. The van der Waals surface area contributed by atoms with Crippen molar-refractivity contribution >= 4 is 22.8 Å². The Balaban J connectivity index is 0.00000204. The molecule has 2 aromatic carbocycles. The van der Waals surface area contributed by atoms with Crippen LogP contribution >= 0.6 is 17.0 Å². The summed E-state index contributed by atoms with van der Waals surface area (Å²) in [5, 5.41) is 0. The van der Waals surface area contributed by atoms with Gasteiger partial charge in [0, 0.05) is 25.1 Å². The number of hydrogen-bond acceptors (Lipinski definition) is 5. The fraction of sp³-hybridized carbons (Fsp3) is 0.480. The predicted molar refractivity (Wildman–Crippen MR) is 122 cm³/mol. The van der Waals surface area contributed by atoms with Gasteiger partial charge in [-0.3, -0.25) is 4.79 Å². The zero-order valence-electron chi connectivity index (χ0n) is 17.9. The number of likely N-dealkylation sites (tertiary alicyclic amines) is 1. The number of piperidine rings is 1. The smallest absolute Gasteiger partial charge is 0.174 e. The minimum absolute atomic E-state index is 0. The molecule has 4 atom stereocenters. The first-order valence-corrected chi connectivity index (χ1v) is 10.9. The van der Waals surface area contributed by atoms with Crippen LogP contribution < -0.4 is 9.47 Å². The first-order chi connectivity index (χ1) is 14.6. The lowest BCUT2D eigenvalue weighted by Crippen LogP contribution is -2.76. The molecule has 0 radical (unpaired) electrons. The molecule has 1 spiro atoms. The summed E-state index contributed by atoms with van der Waals surface area (Å²) in [6.45, 7) is 1.42. The van der Waals surface area contributed by atoms with Gasteiger partial charge >= 0.3 is 0 Å². The van der Waals surface area contributed by atoms with Gasteiger partial charge in [0.1, 0.15) is 6.61 Å². The Hall–Kier alpha value is -1.89. The van der Waals surface area contributed by atoms with Crippen molar-refractivity contribution in [2.24, 2.45) is 0 Å². The number of nitrogens with zero attached hydrogens (tertiary/aromatic N) is 1. The highest BCUT2D eigenvalue weighted by Crippen LogP contribution is 2.65. The maximum atomic E-state index is 13.1. The summed E-state index contributed by atoms with van der Waals surface area (Å²) in [7, 11) is 4.00. The normalized spacial score (nSPS) is 32.6. The van der Waals surface area contributed by atoms with Crippen molar-refractivity contribution in [3.05, 3.63) is 59.2 Å². The van der Waals surface area contributed by atoms with E-state index in [1.54, 1.807) is 0 Å². The van der Waals surface area contributed by atoms with Crippen LogP contribution in [-0.4, -0.2) is 49.1 Å². The largest absolute Gasteiger partial charge is 0.485 e. The maximum Gasteiger partial charge on any atom is 0.174 e. The van der Waals surface area contributed by atoms with Crippen molar-refractivity contribution in [3.63, 3.8) is 0 Å². The average Bonchev–Trinajstić information content (AvgIpc) is 3.13. The van der Waals surface area contributed by atoms with E-state index in [1.165, 1.54) is 11.1 Å². The van der Waals surface area contributed by atoms with Gasteiger partial charge in [-0.1, -0.05) is 36.4 Å². The zero-order valence-corrected chi connectivity index (χ0v) is 19.6. The number of hydrogen-bond donors (Lipinski definition) is 0. The Kier molecular flexibility index (Phi) is 4.96. The fourth-order valence-corrected chi connectivity index (χ4v) is 6.76. The second kappa shape index (κ2) is 7.32. The van der Waals surface area contributed by atoms with Crippen LogP contribution in [0, 0.1) is 0 Å². The molecular weight excluding hydrogens is 458 g/mol. The molecule has 0 aromatic heterocycles. The van der Waals surface area contributed by atoms with Gasteiger partial charge in [-0.25, -0.2) is 0 Å². The van der Waals surface area contributed by atoms with Crippen LogP contribution in [0.2, 0.25) is 0 Å². The summed E-state index contributed by atoms with van der Waals surface area (Å²) in [4.78, 5) is 15.5. The summed E-state index contributed by atoms with van der Waals surface area (Å²) in [6.07, 6.45) is 2.57. The van der Waals surface area contributed by atoms with E-state index in [4.69, 9.17) is 14.2 Å². The molecule has 5 nitrogen and oxygen atoms in total. The van der Waals surface area contributed by atoms with E-state index in [0.29, 0.717) is 13.0 Å². The van der Waals surface area contributed by atoms with E-state index in [1.807, 2.05) is 31.4 Å². The highest BCUT2D eigenvalue weighted by molar-refractivity contribution is 8.93. The quantitative estimate of drug-likeness (QED) is 0.657. The van der Waals surface area contributed by atoms with Gasteiger partial charge < -0.3 is 19.1 Å². The SMILES string of the molecule is Br.CO[C@@]12CCC(=O)[C@@H]3Oc4c(OCc5ccccc5)ccc5c4[C@@]31CCN(C)C2C5. The number of benzene rings is 2. The first kappa shape index (κ1) is 21.0. The molecule has 2 aliphatic heterocycles. The third kappa shape index (κ3) is 2.58. The number of likely N-dealkylation sites (N-methyl/N-ethyl adjacent to an activating group) is 1. The van der Waals surface area contributed by atoms with Gasteiger partial charge in [0.25, 0.3) is 0 Å². The Morgan fingerprint density at radius 3 is 2.74 bits per heavy atom. The van der Waals surface area contributed by atoms with Gasteiger partial charge in [0.15, 0.2) is 23.4 Å². The van der Waals surface area contributed by atoms with Crippen LogP contribution in [0.3, 0.4) is 0 Å². The van der Waals surface area contributed by atoms with Gasteiger partial charge in [-0.05, 0) is 50.0 Å². The molecule has 1 unspecified atom stereocenters. The Bertz CT molecular complexity index is 1030. The Morgan fingerprint density at radius 1 is 1.16 bits per heavy atom. The molecule has 2 aromatic rings. The molecule has 31 heavy (non-hydrogen) atoms. The predicted octanol–water partition coefficient (Wildman–Crippen LogP) is 3.85.